The van der Waals surface area contributed by atoms with Crippen LogP contribution in [0.2, 0.25) is 0 Å². The number of aliphatic hydroxyl groups is 1. The van der Waals surface area contributed by atoms with Crippen LogP contribution in [0.15, 0.2) is 24.3 Å². The summed E-state index contributed by atoms with van der Waals surface area (Å²) in [5, 5.41) is 20.9. The van der Waals surface area contributed by atoms with Crippen molar-refractivity contribution >= 4 is 5.78 Å². The van der Waals surface area contributed by atoms with Crippen molar-refractivity contribution in [1.82, 2.24) is 4.90 Å². The van der Waals surface area contributed by atoms with Crippen LogP contribution in [-0.4, -0.2) is 52.2 Å². The molecule has 6 atom stereocenters. The van der Waals surface area contributed by atoms with Gasteiger partial charge in [-0.25, -0.2) is 0 Å². The lowest BCUT2D eigenvalue weighted by Crippen LogP contribution is -2.68. The number of likely N-dealkylation sites (tertiary alicyclic amines) is 1. The summed E-state index contributed by atoms with van der Waals surface area (Å²) in [6.07, 6.45) is 4.20. The zero-order chi connectivity index (χ0) is 16.8. The van der Waals surface area contributed by atoms with E-state index >= 15 is 0 Å². The van der Waals surface area contributed by atoms with Gasteiger partial charge >= 0.3 is 0 Å². The summed E-state index contributed by atoms with van der Waals surface area (Å²) < 4.78 is 6.10. The first kappa shape index (κ1) is 14.5. The third-order valence-electron chi connectivity index (χ3n) is 6.72. The molecule has 2 heterocycles. The van der Waals surface area contributed by atoms with Gasteiger partial charge in [-0.1, -0.05) is 18.2 Å². The predicted molar refractivity (Wildman–Crippen MR) is 87.2 cm³/mol. The molecule has 1 unspecified atom stereocenters. The molecule has 1 spiro atoms. The van der Waals surface area contributed by atoms with Crippen molar-refractivity contribution in [3.8, 4) is 11.5 Å². The van der Waals surface area contributed by atoms with E-state index in [0.717, 1.165) is 12.0 Å². The summed E-state index contributed by atoms with van der Waals surface area (Å²) in [6, 6.07) is 3.67. The molecule has 2 aliphatic heterocycles. The van der Waals surface area contributed by atoms with Crippen LogP contribution in [0.3, 0.4) is 0 Å². The molecular weight excluding hydrogens is 306 g/mol. The third kappa shape index (κ3) is 1.46. The topological polar surface area (TPSA) is 70.0 Å². The number of carbonyl (C=O) groups excluding carboxylic acids is 1. The Bertz CT molecular complexity index is 788. The Morgan fingerprint density at radius 3 is 2.92 bits per heavy atom. The van der Waals surface area contributed by atoms with E-state index in [9.17, 15) is 15.0 Å². The van der Waals surface area contributed by atoms with Gasteiger partial charge in [-0.3, -0.25) is 9.69 Å². The number of Topliss-reactive ketones (excluding diaryl/α,β-unsaturated/α-hetero) is 1. The van der Waals surface area contributed by atoms with Crippen LogP contribution in [0.5, 0.6) is 11.5 Å². The lowest BCUT2D eigenvalue weighted by atomic mass is 9.52. The number of phenolic OH excluding ortho intramolecular Hbond substituents is 1. The monoisotopic (exact) mass is 327 g/mol. The van der Waals surface area contributed by atoms with Gasteiger partial charge in [0.2, 0.25) is 0 Å². The molecule has 0 amide bonds. The molecule has 5 rings (SSSR count). The molecule has 0 aromatic heterocycles. The minimum Gasteiger partial charge on any atom is -0.504 e. The largest absolute Gasteiger partial charge is 0.504 e. The fraction of sp³-hybridized carbons (Fsp3) is 0.526. The molecule has 1 aromatic rings. The molecule has 4 aliphatic rings. The van der Waals surface area contributed by atoms with Gasteiger partial charge in [0.25, 0.3) is 0 Å². The van der Waals surface area contributed by atoms with E-state index in [-0.39, 0.29) is 29.5 Å². The summed E-state index contributed by atoms with van der Waals surface area (Å²) >= 11 is 0. The molecule has 1 fully saturated rings. The number of rotatable bonds is 1. The van der Waals surface area contributed by atoms with Crippen molar-refractivity contribution in [3.05, 3.63) is 35.4 Å². The molecule has 1 saturated heterocycles. The van der Waals surface area contributed by atoms with Crippen LogP contribution < -0.4 is 4.74 Å². The number of benzene rings is 1. The van der Waals surface area contributed by atoms with Gasteiger partial charge in [0.1, 0.15) is 18.0 Å². The molecule has 0 radical (unpaired) electrons. The number of aliphatic hydroxyl groups excluding tert-OH is 1. The number of piperidine rings is 1. The Kier molecular flexibility index (Phi) is 2.66. The first-order valence-electron chi connectivity index (χ1n) is 8.56. The summed E-state index contributed by atoms with van der Waals surface area (Å²) in [6.45, 7) is 1.64. The van der Waals surface area contributed by atoms with Gasteiger partial charge in [0.05, 0.1) is 6.04 Å². The van der Waals surface area contributed by atoms with Gasteiger partial charge < -0.3 is 14.9 Å². The second kappa shape index (κ2) is 4.41. The quantitative estimate of drug-likeness (QED) is 0.758. The van der Waals surface area contributed by atoms with Crippen molar-refractivity contribution in [3.63, 3.8) is 0 Å². The maximum Gasteiger partial charge on any atom is 0.165 e. The number of ketones is 1. The highest BCUT2D eigenvalue weighted by molar-refractivity contribution is 5.82. The number of hydrogen-bond donors (Lipinski definition) is 2. The van der Waals surface area contributed by atoms with Gasteiger partial charge in [-0.05, 0) is 38.4 Å². The van der Waals surface area contributed by atoms with Gasteiger partial charge in [-0.2, -0.15) is 0 Å². The van der Waals surface area contributed by atoms with Crippen LogP contribution in [0.25, 0.3) is 0 Å². The second-order valence-corrected chi connectivity index (χ2v) is 7.70. The van der Waals surface area contributed by atoms with E-state index in [1.165, 1.54) is 5.56 Å². The maximum absolute atomic E-state index is 12.3. The zero-order valence-corrected chi connectivity index (χ0v) is 13.8. The van der Waals surface area contributed by atoms with Crippen molar-refractivity contribution in [2.45, 2.75) is 49.5 Å². The van der Waals surface area contributed by atoms with Crippen LogP contribution in [0.1, 0.15) is 24.5 Å². The second-order valence-electron chi connectivity index (χ2n) is 7.70. The lowest BCUT2D eigenvalue weighted by Gasteiger charge is -2.58. The highest BCUT2D eigenvalue weighted by Gasteiger charge is 2.66. The van der Waals surface area contributed by atoms with E-state index in [0.29, 0.717) is 12.2 Å². The number of likely N-dealkylation sites (N-methyl/N-ethyl adjacent to an activating group) is 1. The molecule has 2 aliphatic carbocycles. The van der Waals surface area contributed by atoms with Gasteiger partial charge in [0.15, 0.2) is 11.5 Å². The highest BCUT2D eigenvalue weighted by atomic mass is 16.5. The summed E-state index contributed by atoms with van der Waals surface area (Å²) in [5.41, 5.74) is 1.77. The molecule has 126 valence electrons. The van der Waals surface area contributed by atoms with E-state index in [4.69, 9.17) is 4.74 Å². The highest BCUT2D eigenvalue weighted by Crippen LogP contribution is 2.63. The summed E-state index contributed by atoms with van der Waals surface area (Å²) in [7, 11) is 2.03. The number of ether oxygens (including phenoxy) is 1. The Morgan fingerprint density at radius 2 is 2.17 bits per heavy atom. The molecular formula is C19H21NO4. The smallest absolute Gasteiger partial charge is 0.165 e. The van der Waals surface area contributed by atoms with E-state index in [2.05, 4.69) is 11.0 Å². The predicted octanol–water partition coefficient (Wildman–Crippen LogP) is 1.16. The SMILES string of the molecule is CC(=O)C1C[C@]23c4c5ccc(O)c4O[C@H]2[C@@H](O)C=C[C@H]3[C@@H](C5)N1C. The van der Waals surface area contributed by atoms with Crippen molar-refractivity contribution in [1.29, 1.82) is 0 Å². The molecule has 24 heavy (non-hydrogen) atoms. The maximum atomic E-state index is 12.3. The third-order valence-corrected chi connectivity index (χ3v) is 6.72. The van der Waals surface area contributed by atoms with Crippen LogP contribution >= 0.6 is 0 Å². The fourth-order valence-electron chi connectivity index (χ4n) is 5.72. The Balaban J connectivity index is 1.81. The van der Waals surface area contributed by atoms with Crippen LogP contribution in [0.4, 0.5) is 0 Å². The van der Waals surface area contributed by atoms with Gasteiger partial charge in [-0.15, -0.1) is 0 Å². The van der Waals surface area contributed by atoms with Crippen molar-refractivity contribution < 1.29 is 19.7 Å². The summed E-state index contributed by atoms with van der Waals surface area (Å²) in [4.78, 5) is 14.5. The molecule has 2 bridgehead atoms. The van der Waals surface area contributed by atoms with E-state index in [1.807, 2.05) is 19.2 Å². The fourth-order valence-corrected chi connectivity index (χ4v) is 5.72. The number of aromatic hydroxyl groups is 1. The number of carbonyl (C=O) groups is 1. The normalized spacial score (nSPS) is 41.7. The standard InChI is InChI=1S/C19H21NO4/c1-9(21)13-8-19-11-4-6-15(23)18(19)24-17-14(22)5-3-10(16(17)19)7-12(11)20(13)2/h3-6,11-13,15,18,22-23H,7-8H2,1-2H3/t11-,12+,13?,15-,18-,19-/m0/s1. The Hall–Kier alpha value is -1.85. The average Bonchev–Trinajstić information content (AvgIpc) is 2.89. The average molecular weight is 327 g/mol. The molecule has 1 aromatic carbocycles. The first-order chi connectivity index (χ1) is 11.4. The number of nitrogens with zero attached hydrogens (tertiary/aromatic N) is 1. The number of hydrogen-bond acceptors (Lipinski definition) is 5. The zero-order valence-electron chi connectivity index (χ0n) is 13.8. The van der Waals surface area contributed by atoms with Crippen molar-refractivity contribution in [2.24, 2.45) is 5.92 Å². The lowest BCUT2D eigenvalue weighted by molar-refractivity contribution is -0.130. The van der Waals surface area contributed by atoms with E-state index in [1.54, 1.807) is 13.0 Å². The molecule has 0 saturated carbocycles. The summed E-state index contributed by atoms with van der Waals surface area (Å²) in [5.74, 6) is 0.966. The minimum atomic E-state index is -0.726. The minimum absolute atomic E-state index is 0.125. The molecule has 5 heteroatoms. The van der Waals surface area contributed by atoms with Gasteiger partial charge in [0, 0.05) is 22.9 Å². The molecule has 5 nitrogen and oxygen atoms in total. The Morgan fingerprint density at radius 1 is 1.38 bits per heavy atom. The Labute approximate surface area is 140 Å². The van der Waals surface area contributed by atoms with Crippen LogP contribution in [0, 0.1) is 5.92 Å². The van der Waals surface area contributed by atoms with Crippen LogP contribution in [-0.2, 0) is 16.6 Å². The van der Waals surface area contributed by atoms with E-state index < -0.39 is 17.6 Å². The van der Waals surface area contributed by atoms with Crippen molar-refractivity contribution in [2.75, 3.05) is 7.05 Å². The number of phenols is 1. The first-order valence-corrected chi connectivity index (χ1v) is 8.56. The molecule has 2 N–H and O–H groups in total.